The Hall–Kier alpha value is -3.21. The molecular formula is C19H15FN2O2. The normalized spacial score (nSPS) is 10.9. The number of ketones is 1. The number of allylic oxidation sites excluding steroid dienone is 1. The Kier molecular flexibility index (Phi) is 4.52. The third-order valence-corrected chi connectivity index (χ3v) is 3.49. The summed E-state index contributed by atoms with van der Waals surface area (Å²) < 4.78 is 20.2. The molecule has 0 saturated heterocycles. The van der Waals surface area contributed by atoms with Crippen molar-refractivity contribution < 1.29 is 13.9 Å². The minimum Gasteiger partial charge on any atom is -0.494 e. The lowest BCUT2D eigenvalue weighted by Crippen LogP contribution is -1.96. The first-order valence-corrected chi connectivity index (χ1v) is 7.33. The number of nitrogens with zero attached hydrogens (tertiary/aromatic N) is 2. The number of hydrogen-bond donors (Lipinski definition) is 0. The molecule has 2 aromatic carbocycles. The first-order valence-electron chi connectivity index (χ1n) is 7.33. The standard InChI is InChI=1S/C19H15FN2O2/c1-24-19-10-8-15(11-17(19)20)18(23)9-7-14-12-21-22(13-14)16-5-3-2-4-6-16/h2-13H,1H3/b9-7+. The van der Waals surface area contributed by atoms with Crippen molar-refractivity contribution in [2.24, 2.45) is 0 Å². The van der Waals surface area contributed by atoms with E-state index in [0.717, 1.165) is 11.3 Å². The highest BCUT2D eigenvalue weighted by molar-refractivity contribution is 6.06. The van der Waals surface area contributed by atoms with Crippen molar-refractivity contribution in [1.82, 2.24) is 9.78 Å². The van der Waals surface area contributed by atoms with Crippen molar-refractivity contribution in [3.05, 3.63) is 83.9 Å². The van der Waals surface area contributed by atoms with Crippen LogP contribution in [-0.4, -0.2) is 22.7 Å². The van der Waals surface area contributed by atoms with Crippen molar-refractivity contribution in [3.8, 4) is 11.4 Å². The molecule has 0 fully saturated rings. The van der Waals surface area contributed by atoms with Crippen LogP contribution in [0.15, 0.2) is 67.0 Å². The van der Waals surface area contributed by atoms with Crippen LogP contribution in [0.4, 0.5) is 4.39 Å². The lowest BCUT2D eigenvalue weighted by atomic mass is 10.1. The summed E-state index contributed by atoms with van der Waals surface area (Å²) in [7, 11) is 1.38. The molecule has 1 aromatic heterocycles. The summed E-state index contributed by atoms with van der Waals surface area (Å²) in [6.45, 7) is 0. The maximum atomic E-state index is 13.7. The number of benzene rings is 2. The molecule has 0 bridgehead atoms. The predicted octanol–water partition coefficient (Wildman–Crippen LogP) is 3.92. The molecule has 0 unspecified atom stereocenters. The zero-order valence-corrected chi connectivity index (χ0v) is 13.0. The Morgan fingerprint density at radius 3 is 2.71 bits per heavy atom. The van der Waals surface area contributed by atoms with E-state index >= 15 is 0 Å². The lowest BCUT2D eigenvalue weighted by molar-refractivity contribution is 0.104. The van der Waals surface area contributed by atoms with E-state index in [1.54, 1.807) is 17.0 Å². The second-order valence-electron chi connectivity index (χ2n) is 5.10. The molecule has 0 atom stereocenters. The molecule has 0 amide bonds. The van der Waals surface area contributed by atoms with Gasteiger partial charge in [0.1, 0.15) is 0 Å². The Bertz CT molecular complexity index is 885. The average molecular weight is 322 g/mol. The lowest BCUT2D eigenvalue weighted by Gasteiger charge is -2.02. The maximum absolute atomic E-state index is 13.7. The molecule has 0 saturated carbocycles. The van der Waals surface area contributed by atoms with Gasteiger partial charge in [0.15, 0.2) is 17.3 Å². The highest BCUT2D eigenvalue weighted by Gasteiger charge is 2.08. The van der Waals surface area contributed by atoms with Crippen LogP contribution >= 0.6 is 0 Å². The van der Waals surface area contributed by atoms with Crippen LogP contribution in [0.2, 0.25) is 0 Å². The van der Waals surface area contributed by atoms with E-state index in [1.807, 2.05) is 36.5 Å². The minimum atomic E-state index is -0.561. The fourth-order valence-corrected chi connectivity index (χ4v) is 2.23. The molecular weight excluding hydrogens is 307 g/mol. The zero-order valence-electron chi connectivity index (χ0n) is 13.0. The molecule has 3 rings (SSSR count). The van der Waals surface area contributed by atoms with Crippen molar-refractivity contribution in [3.63, 3.8) is 0 Å². The predicted molar refractivity (Wildman–Crippen MR) is 89.9 cm³/mol. The summed E-state index contributed by atoms with van der Waals surface area (Å²) in [6.07, 6.45) is 6.52. The van der Waals surface area contributed by atoms with E-state index in [2.05, 4.69) is 5.10 Å². The summed E-state index contributed by atoms with van der Waals surface area (Å²) in [5.74, 6) is -0.739. The second-order valence-corrected chi connectivity index (χ2v) is 5.10. The molecule has 0 radical (unpaired) electrons. The summed E-state index contributed by atoms with van der Waals surface area (Å²) in [6, 6.07) is 13.8. The third kappa shape index (κ3) is 3.41. The minimum absolute atomic E-state index is 0.111. The summed E-state index contributed by atoms with van der Waals surface area (Å²) in [4.78, 5) is 12.1. The van der Waals surface area contributed by atoms with Crippen LogP contribution in [-0.2, 0) is 0 Å². The van der Waals surface area contributed by atoms with E-state index in [1.165, 1.54) is 31.4 Å². The van der Waals surface area contributed by atoms with Gasteiger partial charge in [-0.1, -0.05) is 18.2 Å². The first-order chi connectivity index (χ1) is 11.7. The topological polar surface area (TPSA) is 44.1 Å². The molecule has 120 valence electrons. The molecule has 1 heterocycles. The van der Waals surface area contributed by atoms with Gasteiger partial charge < -0.3 is 4.74 Å². The number of methoxy groups -OCH3 is 1. The second kappa shape index (κ2) is 6.91. The molecule has 3 aromatic rings. The average Bonchev–Trinajstić information content (AvgIpc) is 3.09. The van der Waals surface area contributed by atoms with Gasteiger partial charge in [-0.3, -0.25) is 4.79 Å². The fraction of sp³-hybridized carbons (Fsp3) is 0.0526. The van der Waals surface area contributed by atoms with E-state index in [4.69, 9.17) is 4.74 Å². The van der Waals surface area contributed by atoms with Gasteiger partial charge in [0.25, 0.3) is 0 Å². The van der Waals surface area contributed by atoms with Crippen LogP contribution in [0.5, 0.6) is 5.75 Å². The van der Waals surface area contributed by atoms with Gasteiger partial charge in [0.2, 0.25) is 0 Å². The van der Waals surface area contributed by atoms with Crippen LogP contribution in [0.25, 0.3) is 11.8 Å². The molecule has 24 heavy (non-hydrogen) atoms. The molecule has 0 aliphatic carbocycles. The van der Waals surface area contributed by atoms with Crippen molar-refractivity contribution in [2.75, 3.05) is 7.11 Å². The summed E-state index contributed by atoms with van der Waals surface area (Å²) >= 11 is 0. The molecule has 0 N–H and O–H groups in total. The highest BCUT2D eigenvalue weighted by atomic mass is 19.1. The first kappa shape index (κ1) is 15.7. The van der Waals surface area contributed by atoms with Gasteiger partial charge in [0, 0.05) is 17.3 Å². The van der Waals surface area contributed by atoms with Crippen LogP contribution in [0.1, 0.15) is 15.9 Å². The zero-order chi connectivity index (χ0) is 16.9. The number of hydrogen-bond acceptors (Lipinski definition) is 3. The Labute approximate surface area is 138 Å². The number of halogens is 1. The molecule has 4 nitrogen and oxygen atoms in total. The molecule has 0 spiro atoms. The Morgan fingerprint density at radius 2 is 2.00 bits per heavy atom. The fourth-order valence-electron chi connectivity index (χ4n) is 2.23. The van der Waals surface area contributed by atoms with Gasteiger partial charge >= 0.3 is 0 Å². The molecule has 0 aliphatic rings. The van der Waals surface area contributed by atoms with Gasteiger partial charge in [-0.05, 0) is 42.5 Å². The quantitative estimate of drug-likeness (QED) is 0.528. The number of rotatable bonds is 5. The highest BCUT2D eigenvalue weighted by Crippen LogP contribution is 2.18. The largest absolute Gasteiger partial charge is 0.494 e. The van der Waals surface area contributed by atoms with Gasteiger partial charge in [-0.15, -0.1) is 0 Å². The SMILES string of the molecule is COc1ccc(C(=O)/C=C/c2cnn(-c3ccccc3)c2)cc1F. The van der Waals surface area contributed by atoms with Crippen LogP contribution in [0.3, 0.4) is 0 Å². The van der Waals surface area contributed by atoms with Crippen LogP contribution < -0.4 is 4.74 Å². The summed E-state index contributed by atoms with van der Waals surface area (Å²) in [5, 5.41) is 4.25. The number of ether oxygens (including phenoxy) is 1. The van der Waals surface area contributed by atoms with Gasteiger partial charge in [-0.2, -0.15) is 5.10 Å². The number of carbonyl (C=O) groups excluding carboxylic acids is 1. The number of para-hydroxylation sites is 1. The molecule has 5 heteroatoms. The number of aromatic nitrogens is 2. The monoisotopic (exact) mass is 322 g/mol. The third-order valence-electron chi connectivity index (χ3n) is 3.49. The van der Waals surface area contributed by atoms with E-state index in [9.17, 15) is 9.18 Å². The Balaban J connectivity index is 1.75. The Morgan fingerprint density at radius 1 is 1.21 bits per heavy atom. The maximum Gasteiger partial charge on any atom is 0.185 e. The summed E-state index contributed by atoms with van der Waals surface area (Å²) in [5.41, 5.74) is 1.97. The van der Waals surface area contributed by atoms with Crippen LogP contribution in [0, 0.1) is 5.82 Å². The van der Waals surface area contributed by atoms with E-state index in [0.29, 0.717) is 0 Å². The van der Waals surface area contributed by atoms with E-state index in [-0.39, 0.29) is 17.1 Å². The van der Waals surface area contributed by atoms with Crippen molar-refractivity contribution >= 4 is 11.9 Å². The van der Waals surface area contributed by atoms with Gasteiger partial charge in [-0.25, -0.2) is 9.07 Å². The number of carbonyl (C=O) groups is 1. The van der Waals surface area contributed by atoms with Crippen molar-refractivity contribution in [2.45, 2.75) is 0 Å². The van der Waals surface area contributed by atoms with Gasteiger partial charge in [0.05, 0.1) is 19.0 Å². The molecule has 0 aliphatic heterocycles. The van der Waals surface area contributed by atoms with E-state index < -0.39 is 5.82 Å². The van der Waals surface area contributed by atoms with Crippen molar-refractivity contribution in [1.29, 1.82) is 0 Å². The smallest absolute Gasteiger partial charge is 0.185 e.